The molecule has 0 bridgehead atoms. The molecular formula is C27H34FN3O4. The van der Waals surface area contributed by atoms with Gasteiger partial charge >= 0.3 is 6.03 Å². The van der Waals surface area contributed by atoms with Gasteiger partial charge in [-0.1, -0.05) is 12.1 Å². The number of carbonyl (C=O) groups excluding carboxylic acids is 1. The third-order valence-electron chi connectivity index (χ3n) is 7.37. The van der Waals surface area contributed by atoms with Gasteiger partial charge in [-0.3, -0.25) is 4.90 Å². The van der Waals surface area contributed by atoms with Crippen LogP contribution in [0.5, 0.6) is 5.75 Å². The Morgan fingerprint density at radius 2 is 1.83 bits per heavy atom. The Bertz CT molecular complexity index is 1030. The van der Waals surface area contributed by atoms with Gasteiger partial charge in [-0.2, -0.15) is 0 Å². The largest absolute Gasteiger partial charge is 0.489 e. The van der Waals surface area contributed by atoms with Crippen LogP contribution < -0.4 is 14.5 Å². The van der Waals surface area contributed by atoms with Gasteiger partial charge in [0, 0.05) is 69.1 Å². The van der Waals surface area contributed by atoms with Crippen molar-refractivity contribution >= 4 is 17.4 Å². The third-order valence-corrected chi connectivity index (χ3v) is 7.37. The maximum atomic E-state index is 14.4. The number of urea groups is 1. The molecule has 0 aliphatic carbocycles. The van der Waals surface area contributed by atoms with Crippen LogP contribution in [0.15, 0.2) is 42.5 Å². The summed E-state index contributed by atoms with van der Waals surface area (Å²) in [5.74, 6) is -0.286. The van der Waals surface area contributed by atoms with Crippen molar-refractivity contribution in [2.45, 2.75) is 51.0 Å². The Hall–Kier alpha value is -2.84. The van der Waals surface area contributed by atoms with E-state index in [4.69, 9.17) is 14.2 Å². The highest BCUT2D eigenvalue weighted by Crippen LogP contribution is 2.34. The second-order valence-corrected chi connectivity index (χ2v) is 9.72. The minimum absolute atomic E-state index is 0.0287. The standard InChI is InChI=1S/C27H34FN3O4/c1-20-4-3-11-31(20)26(32)29(2)23-7-5-21(6-8-23)19-33-25-17-22(28)16-24(18-25)30-12-9-27(10-13-30)34-14-15-35-27/h5-8,16-18,20H,3-4,9-15,19H2,1-2H3. The van der Waals surface area contributed by atoms with E-state index in [2.05, 4.69) is 11.8 Å². The zero-order valence-electron chi connectivity index (χ0n) is 20.5. The topological polar surface area (TPSA) is 54.5 Å². The van der Waals surface area contributed by atoms with Gasteiger partial charge in [0.1, 0.15) is 18.2 Å². The monoisotopic (exact) mass is 483 g/mol. The van der Waals surface area contributed by atoms with E-state index in [1.54, 1.807) is 18.0 Å². The number of piperidine rings is 1. The average molecular weight is 484 g/mol. The van der Waals surface area contributed by atoms with Gasteiger partial charge in [-0.15, -0.1) is 0 Å². The number of halogens is 1. The van der Waals surface area contributed by atoms with Crippen LogP contribution in [0.2, 0.25) is 0 Å². The van der Waals surface area contributed by atoms with E-state index < -0.39 is 5.79 Å². The summed E-state index contributed by atoms with van der Waals surface area (Å²) in [6, 6.07) is 12.9. The summed E-state index contributed by atoms with van der Waals surface area (Å²) in [6.45, 7) is 5.99. The average Bonchev–Trinajstić information content (AvgIpc) is 3.51. The van der Waals surface area contributed by atoms with E-state index in [0.717, 1.165) is 62.3 Å². The zero-order valence-corrected chi connectivity index (χ0v) is 20.5. The molecule has 2 aromatic rings. The molecule has 0 radical (unpaired) electrons. The predicted molar refractivity (Wildman–Crippen MR) is 132 cm³/mol. The van der Waals surface area contributed by atoms with Crippen molar-refractivity contribution in [3.8, 4) is 5.75 Å². The first-order valence-electron chi connectivity index (χ1n) is 12.5. The lowest BCUT2D eigenvalue weighted by Crippen LogP contribution is -2.45. The van der Waals surface area contributed by atoms with Crippen LogP contribution in [0.3, 0.4) is 0 Å². The fourth-order valence-electron chi connectivity index (χ4n) is 5.21. The summed E-state index contributed by atoms with van der Waals surface area (Å²) in [5, 5.41) is 0. The molecule has 8 heteroatoms. The number of benzene rings is 2. The number of carbonyl (C=O) groups is 1. The van der Waals surface area contributed by atoms with Crippen LogP contribution in [0.25, 0.3) is 0 Å². The first-order valence-corrected chi connectivity index (χ1v) is 12.5. The molecule has 1 atom stereocenters. The Morgan fingerprint density at radius 3 is 2.49 bits per heavy atom. The van der Waals surface area contributed by atoms with E-state index >= 15 is 0 Å². The predicted octanol–water partition coefficient (Wildman–Crippen LogP) is 4.79. The lowest BCUT2D eigenvalue weighted by Gasteiger charge is -2.38. The number of hydrogen-bond donors (Lipinski definition) is 0. The van der Waals surface area contributed by atoms with Crippen LogP contribution >= 0.6 is 0 Å². The van der Waals surface area contributed by atoms with Gasteiger partial charge in [0.2, 0.25) is 0 Å². The van der Waals surface area contributed by atoms with Crippen molar-refractivity contribution in [1.82, 2.24) is 4.90 Å². The van der Waals surface area contributed by atoms with Crippen molar-refractivity contribution in [1.29, 1.82) is 0 Å². The summed E-state index contributed by atoms with van der Waals surface area (Å²) in [7, 11) is 1.81. The minimum Gasteiger partial charge on any atom is -0.489 e. The maximum absolute atomic E-state index is 14.4. The molecule has 0 N–H and O–H groups in total. The molecule has 3 aliphatic rings. The molecule has 3 fully saturated rings. The Labute approximate surface area is 206 Å². The first-order chi connectivity index (χ1) is 16.9. The third kappa shape index (κ3) is 5.23. The second-order valence-electron chi connectivity index (χ2n) is 9.72. The molecule has 3 saturated heterocycles. The Morgan fingerprint density at radius 1 is 1.11 bits per heavy atom. The molecule has 0 aromatic heterocycles. The van der Waals surface area contributed by atoms with Crippen molar-refractivity contribution in [2.75, 3.05) is 49.7 Å². The van der Waals surface area contributed by atoms with Crippen LogP contribution in [0.1, 0.15) is 38.2 Å². The molecule has 1 spiro atoms. The number of amides is 2. The Kier molecular flexibility index (Phi) is 6.84. The van der Waals surface area contributed by atoms with Crippen LogP contribution in [0, 0.1) is 5.82 Å². The fourth-order valence-corrected chi connectivity index (χ4v) is 5.21. The van der Waals surface area contributed by atoms with Gasteiger partial charge in [0.25, 0.3) is 0 Å². The molecule has 2 amide bonds. The molecule has 5 rings (SSSR count). The van der Waals surface area contributed by atoms with Gasteiger partial charge in [0.05, 0.1) is 13.2 Å². The normalized spacial score (nSPS) is 21.5. The molecule has 3 aliphatic heterocycles. The lowest BCUT2D eigenvalue weighted by molar-refractivity contribution is -0.169. The van der Waals surface area contributed by atoms with Gasteiger partial charge in [0.15, 0.2) is 5.79 Å². The summed E-state index contributed by atoms with van der Waals surface area (Å²) >= 11 is 0. The molecule has 7 nitrogen and oxygen atoms in total. The number of likely N-dealkylation sites (tertiary alicyclic amines) is 1. The highest BCUT2D eigenvalue weighted by molar-refractivity contribution is 5.91. The fraction of sp³-hybridized carbons (Fsp3) is 0.519. The quantitative estimate of drug-likeness (QED) is 0.612. The smallest absolute Gasteiger partial charge is 0.324 e. The highest BCUT2D eigenvalue weighted by atomic mass is 19.1. The Balaban J connectivity index is 1.18. The van der Waals surface area contributed by atoms with E-state index in [0.29, 0.717) is 25.6 Å². The minimum atomic E-state index is -0.458. The molecule has 3 heterocycles. The van der Waals surface area contributed by atoms with Crippen molar-refractivity contribution in [2.24, 2.45) is 0 Å². The van der Waals surface area contributed by atoms with E-state index in [-0.39, 0.29) is 17.9 Å². The van der Waals surface area contributed by atoms with Gasteiger partial charge < -0.3 is 24.0 Å². The number of rotatable bonds is 5. The molecule has 2 aromatic carbocycles. The molecule has 1 unspecified atom stereocenters. The molecule has 188 valence electrons. The van der Waals surface area contributed by atoms with Gasteiger partial charge in [-0.25, -0.2) is 9.18 Å². The van der Waals surface area contributed by atoms with Crippen LogP contribution in [0.4, 0.5) is 20.6 Å². The van der Waals surface area contributed by atoms with Crippen LogP contribution in [-0.2, 0) is 16.1 Å². The van der Waals surface area contributed by atoms with Gasteiger partial charge in [-0.05, 0) is 43.5 Å². The number of hydrogen-bond acceptors (Lipinski definition) is 5. The maximum Gasteiger partial charge on any atom is 0.324 e. The summed E-state index contributed by atoms with van der Waals surface area (Å²) < 4.78 is 31.9. The van der Waals surface area contributed by atoms with Crippen molar-refractivity contribution in [3.05, 3.63) is 53.8 Å². The lowest BCUT2D eigenvalue weighted by atomic mass is 10.0. The van der Waals surface area contributed by atoms with Crippen LogP contribution in [-0.4, -0.2) is 62.7 Å². The number of anilines is 2. The summed E-state index contributed by atoms with van der Waals surface area (Å²) in [6.07, 6.45) is 3.64. The van der Waals surface area contributed by atoms with E-state index in [1.165, 1.54) is 6.07 Å². The second kappa shape index (κ2) is 10.0. The van der Waals surface area contributed by atoms with Crippen molar-refractivity contribution < 1.29 is 23.4 Å². The molecular weight excluding hydrogens is 449 g/mol. The SMILES string of the molecule is CC1CCCN1C(=O)N(C)c1ccc(COc2cc(F)cc(N3CCC4(CC3)OCCO4)c2)cc1. The molecule has 35 heavy (non-hydrogen) atoms. The molecule has 0 saturated carbocycles. The summed E-state index contributed by atoms with van der Waals surface area (Å²) in [5.41, 5.74) is 2.59. The summed E-state index contributed by atoms with van der Waals surface area (Å²) in [4.78, 5) is 18.6. The zero-order chi connectivity index (χ0) is 24.4. The number of nitrogens with zero attached hydrogens (tertiary/aromatic N) is 3. The van der Waals surface area contributed by atoms with E-state index in [9.17, 15) is 9.18 Å². The van der Waals surface area contributed by atoms with E-state index in [1.807, 2.05) is 35.2 Å². The first kappa shape index (κ1) is 23.9. The highest BCUT2D eigenvalue weighted by Gasteiger charge is 2.40. The number of ether oxygens (including phenoxy) is 3. The van der Waals surface area contributed by atoms with Crippen molar-refractivity contribution in [3.63, 3.8) is 0 Å².